The van der Waals surface area contributed by atoms with Gasteiger partial charge < -0.3 is 4.42 Å². The van der Waals surface area contributed by atoms with Crippen LogP contribution in [0.15, 0.2) is 162 Å². The van der Waals surface area contributed by atoms with Crippen LogP contribution < -0.4 is 0 Å². The van der Waals surface area contributed by atoms with Crippen molar-refractivity contribution >= 4 is 21.9 Å². The van der Waals surface area contributed by atoms with Gasteiger partial charge in [0.15, 0.2) is 0 Å². The van der Waals surface area contributed by atoms with Crippen LogP contribution in [0.25, 0.3) is 77.6 Å². The molecule has 0 radical (unpaired) electrons. The second-order valence-electron chi connectivity index (χ2n) is 13.0. The van der Waals surface area contributed by atoms with E-state index in [0.29, 0.717) is 0 Å². The molecule has 7 aromatic carbocycles. The normalized spacial score (nSPS) is 13.2. The van der Waals surface area contributed by atoms with Crippen LogP contribution in [-0.4, -0.2) is 0 Å². The van der Waals surface area contributed by atoms with E-state index in [2.05, 4.69) is 172 Å². The lowest BCUT2D eigenvalue weighted by Crippen LogP contribution is -2.14. The molecule has 0 amide bonds. The van der Waals surface area contributed by atoms with Gasteiger partial charge in [-0.3, -0.25) is 0 Å². The van der Waals surface area contributed by atoms with Gasteiger partial charge in [-0.2, -0.15) is 0 Å². The van der Waals surface area contributed by atoms with Crippen molar-refractivity contribution in [3.63, 3.8) is 0 Å². The highest BCUT2D eigenvalue weighted by Crippen LogP contribution is 2.50. The van der Waals surface area contributed by atoms with Gasteiger partial charge in [-0.15, -0.1) is 0 Å². The largest absolute Gasteiger partial charge is 0.456 e. The van der Waals surface area contributed by atoms with Crippen molar-refractivity contribution < 1.29 is 4.42 Å². The first-order valence-corrected chi connectivity index (χ1v) is 16.0. The Morgan fingerprint density at radius 3 is 1.57 bits per heavy atom. The first-order chi connectivity index (χ1) is 22.5. The molecule has 1 aromatic heterocycles. The molecule has 0 saturated carbocycles. The first-order valence-electron chi connectivity index (χ1n) is 16.0. The fraction of sp³-hybridized carbons (Fsp3) is 0.0667. The lowest BCUT2D eigenvalue weighted by molar-refractivity contribution is 0.647. The van der Waals surface area contributed by atoms with E-state index in [1.807, 2.05) is 0 Å². The molecule has 0 fully saturated rings. The number of rotatable bonds is 4. The molecular weight excluding hydrogens is 556 g/mol. The third-order valence-corrected chi connectivity index (χ3v) is 9.85. The highest BCUT2D eigenvalue weighted by molar-refractivity contribution is 6.09. The molecule has 1 aliphatic carbocycles. The van der Waals surface area contributed by atoms with Gasteiger partial charge in [0, 0.05) is 16.2 Å². The molecule has 0 bridgehead atoms. The molecule has 1 heterocycles. The molecule has 0 atom stereocenters. The third kappa shape index (κ3) is 4.24. The summed E-state index contributed by atoms with van der Waals surface area (Å²) < 4.78 is 6.46. The second-order valence-corrected chi connectivity index (χ2v) is 13.0. The predicted octanol–water partition coefficient (Wildman–Crippen LogP) is 12.6. The van der Waals surface area contributed by atoms with E-state index in [-0.39, 0.29) is 5.41 Å². The van der Waals surface area contributed by atoms with Crippen molar-refractivity contribution in [1.29, 1.82) is 0 Å². The highest BCUT2D eigenvalue weighted by Gasteiger charge is 2.36. The molecule has 0 N–H and O–H groups in total. The summed E-state index contributed by atoms with van der Waals surface area (Å²) in [5.74, 6) is 0. The smallest absolute Gasteiger partial charge is 0.135 e. The van der Waals surface area contributed by atoms with Gasteiger partial charge in [0.2, 0.25) is 0 Å². The van der Waals surface area contributed by atoms with Gasteiger partial charge in [-0.25, -0.2) is 0 Å². The van der Waals surface area contributed by atoms with Crippen LogP contribution in [0.4, 0.5) is 0 Å². The predicted molar refractivity (Wildman–Crippen MR) is 193 cm³/mol. The van der Waals surface area contributed by atoms with Crippen molar-refractivity contribution in [2.45, 2.75) is 19.3 Å². The van der Waals surface area contributed by atoms with Crippen molar-refractivity contribution in [1.82, 2.24) is 0 Å². The summed E-state index contributed by atoms with van der Waals surface area (Å²) in [5, 5.41) is 2.32. The fourth-order valence-corrected chi connectivity index (χ4v) is 7.42. The Hall–Kier alpha value is -5.66. The molecule has 9 rings (SSSR count). The van der Waals surface area contributed by atoms with Crippen LogP contribution in [0.5, 0.6) is 0 Å². The molecule has 1 heteroatoms. The minimum atomic E-state index is -0.0527. The van der Waals surface area contributed by atoms with E-state index in [0.717, 1.165) is 16.6 Å². The Labute approximate surface area is 269 Å². The summed E-state index contributed by atoms with van der Waals surface area (Å²) in [5.41, 5.74) is 16.8. The second kappa shape index (κ2) is 10.2. The summed E-state index contributed by atoms with van der Waals surface area (Å²) in [6.45, 7) is 4.63. The maximum Gasteiger partial charge on any atom is 0.135 e. The molecule has 0 aliphatic heterocycles. The molecule has 1 nitrogen and oxygen atoms in total. The van der Waals surface area contributed by atoms with E-state index >= 15 is 0 Å². The molecule has 218 valence electrons. The summed E-state index contributed by atoms with van der Waals surface area (Å²) in [6, 6.07) is 57.2. The quantitative estimate of drug-likeness (QED) is 0.199. The number of fused-ring (bicyclic) bond motifs is 6. The van der Waals surface area contributed by atoms with Gasteiger partial charge in [-0.1, -0.05) is 123 Å². The Morgan fingerprint density at radius 2 is 0.870 bits per heavy atom. The van der Waals surface area contributed by atoms with Gasteiger partial charge in [0.1, 0.15) is 11.2 Å². The van der Waals surface area contributed by atoms with Gasteiger partial charge >= 0.3 is 0 Å². The molecule has 0 unspecified atom stereocenters. The Bertz CT molecular complexity index is 2370. The van der Waals surface area contributed by atoms with Gasteiger partial charge in [0.25, 0.3) is 0 Å². The third-order valence-electron chi connectivity index (χ3n) is 9.85. The van der Waals surface area contributed by atoms with E-state index in [1.165, 1.54) is 72.1 Å². The lowest BCUT2D eigenvalue weighted by atomic mass is 9.82. The van der Waals surface area contributed by atoms with E-state index in [9.17, 15) is 0 Å². The minimum Gasteiger partial charge on any atom is -0.456 e. The molecule has 0 spiro atoms. The first kappa shape index (κ1) is 26.7. The summed E-state index contributed by atoms with van der Waals surface area (Å²) >= 11 is 0. The number of furan rings is 1. The molecule has 8 aromatic rings. The zero-order valence-corrected chi connectivity index (χ0v) is 25.9. The van der Waals surface area contributed by atoms with Crippen molar-refractivity contribution in [2.24, 2.45) is 0 Å². The van der Waals surface area contributed by atoms with Crippen LogP contribution in [-0.2, 0) is 5.41 Å². The van der Waals surface area contributed by atoms with Crippen LogP contribution in [0, 0.1) is 0 Å². The zero-order chi connectivity index (χ0) is 30.8. The maximum atomic E-state index is 6.46. The minimum absolute atomic E-state index is 0.0527. The van der Waals surface area contributed by atoms with Crippen LogP contribution >= 0.6 is 0 Å². The van der Waals surface area contributed by atoms with Crippen LogP contribution in [0.3, 0.4) is 0 Å². The van der Waals surface area contributed by atoms with E-state index in [4.69, 9.17) is 4.42 Å². The van der Waals surface area contributed by atoms with E-state index < -0.39 is 0 Å². The van der Waals surface area contributed by atoms with Crippen LogP contribution in [0.1, 0.15) is 25.0 Å². The molecule has 1 aliphatic rings. The number of benzene rings is 7. The van der Waals surface area contributed by atoms with Crippen molar-refractivity contribution in [3.05, 3.63) is 169 Å². The van der Waals surface area contributed by atoms with Crippen molar-refractivity contribution in [2.75, 3.05) is 0 Å². The molecular formula is C45H32O. The van der Waals surface area contributed by atoms with Gasteiger partial charge in [0.05, 0.1) is 0 Å². The zero-order valence-electron chi connectivity index (χ0n) is 25.9. The molecule has 0 saturated heterocycles. The SMILES string of the molecule is CC1(C)c2ccccc2-c2cc3c(cc21)oc1ccc(-c2cccc(-c4cc(-c5ccccc5)cc(-c5ccccc5)c4)c2)cc13. The average Bonchev–Trinajstić information content (AvgIpc) is 3.59. The summed E-state index contributed by atoms with van der Waals surface area (Å²) in [6.07, 6.45) is 0. The maximum absolute atomic E-state index is 6.46. The monoisotopic (exact) mass is 588 g/mol. The Morgan fingerprint density at radius 1 is 0.348 bits per heavy atom. The Kier molecular flexibility index (Phi) is 5.92. The summed E-state index contributed by atoms with van der Waals surface area (Å²) in [7, 11) is 0. The molecule has 46 heavy (non-hydrogen) atoms. The van der Waals surface area contributed by atoms with Crippen LogP contribution in [0.2, 0.25) is 0 Å². The fourth-order valence-electron chi connectivity index (χ4n) is 7.42. The van der Waals surface area contributed by atoms with E-state index in [1.54, 1.807) is 0 Å². The number of hydrogen-bond donors (Lipinski definition) is 0. The highest BCUT2D eigenvalue weighted by atomic mass is 16.3. The lowest BCUT2D eigenvalue weighted by Gasteiger charge is -2.21. The number of hydrogen-bond acceptors (Lipinski definition) is 1. The Balaban J connectivity index is 1.17. The average molecular weight is 589 g/mol. The topological polar surface area (TPSA) is 13.1 Å². The van der Waals surface area contributed by atoms with Gasteiger partial charge in [-0.05, 0) is 115 Å². The summed E-state index contributed by atoms with van der Waals surface area (Å²) in [4.78, 5) is 0. The standard InChI is InChI=1S/C45H32O/c1-45(2)41-19-10-9-18-37(41)38-27-40-39-26-33(20-21-43(39)46-44(40)28-42(38)45)31-16-11-17-32(22-31)36-24-34(29-12-5-3-6-13-29)23-35(25-36)30-14-7-4-8-15-30/h3-28H,1-2H3. The van der Waals surface area contributed by atoms with Crippen molar-refractivity contribution in [3.8, 4) is 55.6 Å².